The average molecular weight is 539 g/mol. The zero-order valence-electron chi connectivity index (χ0n) is 19.9. The zero-order chi connectivity index (χ0) is 24.8. The number of rotatable bonds is 8. The Morgan fingerprint density at radius 2 is 1.69 bits per heavy atom. The van der Waals surface area contributed by atoms with Crippen molar-refractivity contribution in [2.75, 3.05) is 26.2 Å². The molecule has 2 fully saturated rings. The molecule has 1 amide bonds. The van der Waals surface area contributed by atoms with Crippen LogP contribution in [0.25, 0.3) is 0 Å². The molecule has 0 bridgehead atoms. The third kappa shape index (κ3) is 7.20. The molecular formula is C26H33Cl2N3O3S. The molecule has 35 heavy (non-hydrogen) atoms. The summed E-state index contributed by atoms with van der Waals surface area (Å²) in [6, 6.07) is 13.1. The minimum absolute atomic E-state index is 0.0905. The number of piperidine rings is 2. The SMILES string of the molecule is O=C(NCc1ccccc1CN1CCCCC1)[C@H]1CCCN(S(=O)(=O)Cc2ccc(Cl)c(Cl)c2)C1. The molecule has 2 aliphatic rings. The van der Waals surface area contributed by atoms with Crippen molar-refractivity contribution in [1.82, 2.24) is 14.5 Å². The Morgan fingerprint density at radius 3 is 2.43 bits per heavy atom. The largest absolute Gasteiger partial charge is 0.352 e. The Bertz CT molecular complexity index is 1140. The first-order valence-corrected chi connectivity index (χ1v) is 14.7. The molecule has 1 N–H and O–H groups in total. The highest BCUT2D eigenvalue weighted by molar-refractivity contribution is 7.88. The molecule has 190 valence electrons. The van der Waals surface area contributed by atoms with Gasteiger partial charge in [0, 0.05) is 26.2 Å². The van der Waals surface area contributed by atoms with Gasteiger partial charge in [-0.05, 0) is 67.6 Å². The fourth-order valence-electron chi connectivity index (χ4n) is 4.91. The van der Waals surface area contributed by atoms with Gasteiger partial charge in [-0.1, -0.05) is 60.0 Å². The number of amides is 1. The number of benzene rings is 2. The van der Waals surface area contributed by atoms with Gasteiger partial charge in [0.25, 0.3) is 0 Å². The summed E-state index contributed by atoms with van der Waals surface area (Å²) < 4.78 is 27.5. The Labute approximate surface area is 218 Å². The Kier molecular flexibility index (Phi) is 9.11. The summed E-state index contributed by atoms with van der Waals surface area (Å²) in [6.07, 6.45) is 5.12. The number of likely N-dealkylation sites (tertiary alicyclic amines) is 1. The molecule has 1 atom stereocenters. The smallest absolute Gasteiger partial charge is 0.224 e. The highest BCUT2D eigenvalue weighted by Crippen LogP contribution is 2.26. The van der Waals surface area contributed by atoms with Crippen LogP contribution in [0.2, 0.25) is 10.0 Å². The molecule has 6 nitrogen and oxygen atoms in total. The van der Waals surface area contributed by atoms with E-state index in [0.29, 0.717) is 41.5 Å². The third-order valence-corrected chi connectivity index (χ3v) is 9.45. The lowest BCUT2D eigenvalue weighted by molar-refractivity contribution is -0.126. The molecule has 0 unspecified atom stereocenters. The second-order valence-corrected chi connectivity index (χ2v) is 12.3. The molecule has 9 heteroatoms. The molecule has 2 aromatic rings. The highest BCUT2D eigenvalue weighted by Gasteiger charge is 2.32. The third-order valence-electron chi connectivity index (χ3n) is 6.90. The van der Waals surface area contributed by atoms with Crippen molar-refractivity contribution in [2.24, 2.45) is 5.92 Å². The van der Waals surface area contributed by atoms with Crippen LogP contribution in [0.4, 0.5) is 0 Å². The molecule has 0 radical (unpaired) electrons. The summed E-state index contributed by atoms with van der Waals surface area (Å²) >= 11 is 12.0. The molecule has 4 rings (SSSR count). The van der Waals surface area contributed by atoms with E-state index < -0.39 is 10.0 Å². The van der Waals surface area contributed by atoms with E-state index in [4.69, 9.17) is 23.2 Å². The summed E-state index contributed by atoms with van der Waals surface area (Å²) in [5, 5.41) is 3.79. The average Bonchev–Trinajstić information content (AvgIpc) is 2.86. The Morgan fingerprint density at radius 1 is 0.943 bits per heavy atom. The second kappa shape index (κ2) is 12.1. The predicted octanol–water partition coefficient (Wildman–Crippen LogP) is 4.84. The lowest BCUT2D eigenvalue weighted by Crippen LogP contribution is -2.45. The number of nitrogens with zero attached hydrogens (tertiary/aromatic N) is 2. The summed E-state index contributed by atoms with van der Waals surface area (Å²) in [5.74, 6) is -0.615. The van der Waals surface area contributed by atoms with E-state index in [0.717, 1.165) is 25.2 Å². The number of sulfonamides is 1. The van der Waals surface area contributed by atoms with Crippen LogP contribution in [0.5, 0.6) is 0 Å². The van der Waals surface area contributed by atoms with Crippen LogP contribution in [0.1, 0.15) is 48.8 Å². The molecule has 0 aromatic heterocycles. The normalized spacial score (nSPS) is 20.0. The van der Waals surface area contributed by atoms with Gasteiger partial charge in [-0.25, -0.2) is 12.7 Å². The minimum atomic E-state index is -3.58. The molecular weight excluding hydrogens is 505 g/mol. The van der Waals surface area contributed by atoms with Crippen LogP contribution >= 0.6 is 23.2 Å². The molecule has 2 heterocycles. The van der Waals surface area contributed by atoms with Crippen molar-refractivity contribution < 1.29 is 13.2 Å². The number of hydrogen-bond donors (Lipinski definition) is 1. The van der Waals surface area contributed by atoms with Crippen LogP contribution in [-0.2, 0) is 33.7 Å². The van der Waals surface area contributed by atoms with Crippen LogP contribution in [-0.4, -0.2) is 49.7 Å². The highest BCUT2D eigenvalue weighted by atomic mass is 35.5. The predicted molar refractivity (Wildman–Crippen MR) is 141 cm³/mol. The van der Waals surface area contributed by atoms with Gasteiger partial charge in [0.1, 0.15) is 0 Å². The van der Waals surface area contributed by atoms with Crippen LogP contribution in [0.15, 0.2) is 42.5 Å². The molecule has 0 aliphatic carbocycles. The lowest BCUT2D eigenvalue weighted by Gasteiger charge is -2.31. The van der Waals surface area contributed by atoms with E-state index in [1.807, 2.05) is 12.1 Å². The van der Waals surface area contributed by atoms with Crippen molar-refractivity contribution in [1.29, 1.82) is 0 Å². The van der Waals surface area contributed by atoms with Gasteiger partial charge in [0.2, 0.25) is 15.9 Å². The van der Waals surface area contributed by atoms with E-state index >= 15 is 0 Å². The van der Waals surface area contributed by atoms with Gasteiger partial charge >= 0.3 is 0 Å². The minimum Gasteiger partial charge on any atom is -0.352 e. The van der Waals surface area contributed by atoms with Gasteiger partial charge in [0.05, 0.1) is 21.7 Å². The van der Waals surface area contributed by atoms with Gasteiger partial charge in [-0.15, -0.1) is 0 Å². The first kappa shape index (κ1) is 26.4. The summed E-state index contributed by atoms with van der Waals surface area (Å²) in [6.45, 7) is 4.22. The quantitative estimate of drug-likeness (QED) is 0.523. The number of halogens is 2. The first-order valence-electron chi connectivity index (χ1n) is 12.3. The standard InChI is InChI=1S/C26H33Cl2N3O3S/c27-24-11-10-20(15-25(24)28)19-35(33,34)31-14-6-9-23(18-31)26(32)29-16-21-7-2-3-8-22(21)17-30-12-4-1-5-13-30/h2-3,7-8,10-11,15,23H,1,4-6,9,12-14,16-19H2,(H,29,32)/t23-/m0/s1. The first-order chi connectivity index (χ1) is 16.8. The fraction of sp³-hybridized carbons (Fsp3) is 0.500. The fourth-order valence-corrected chi connectivity index (χ4v) is 6.83. The van der Waals surface area contributed by atoms with Crippen LogP contribution in [0, 0.1) is 5.92 Å². The Balaban J connectivity index is 1.34. The maximum Gasteiger partial charge on any atom is 0.224 e. The van der Waals surface area contributed by atoms with Crippen molar-refractivity contribution in [3.8, 4) is 0 Å². The number of carbonyl (C=O) groups is 1. The Hall–Kier alpha value is -1.64. The van der Waals surface area contributed by atoms with Gasteiger partial charge in [0.15, 0.2) is 0 Å². The van der Waals surface area contributed by atoms with Crippen molar-refractivity contribution in [2.45, 2.75) is 50.9 Å². The van der Waals surface area contributed by atoms with E-state index in [9.17, 15) is 13.2 Å². The maximum atomic E-state index is 13.0. The van der Waals surface area contributed by atoms with Crippen LogP contribution < -0.4 is 5.32 Å². The number of carbonyl (C=O) groups excluding carboxylic acids is 1. The molecule has 0 spiro atoms. The van der Waals surface area contributed by atoms with E-state index in [2.05, 4.69) is 22.3 Å². The van der Waals surface area contributed by atoms with E-state index in [-0.39, 0.29) is 24.1 Å². The van der Waals surface area contributed by atoms with E-state index in [1.54, 1.807) is 18.2 Å². The molecule has 0 saturated carbocycles. The van der Waals surface area contributed by atoms with Gasteiger partial charge in [-0.2, -0.15) is 0 Å². The topological polar surface area (TPSA) is 69.7 Å². The monoisotopic (exact) mass is 537 g/mol. The summed E-state index contributed by atoms with van der Waals surface area (Å²) in [7, 11) is -3.58. The molecule has 2 aromatic carbocycles. The molecule has 2 saturated heterocycles. The van der Waals surface area contributed by atoms with Gasteiger partial charge in [-0.3, -0.25) is 9.69 Å². The summed E-state index contributed by atoms with van der Waals surface area (Å²) in [5.41, 5.74) is 2.94. The molecule has 2 aliphatic heterocycles. The number of hydrogen-bond acceptors (Lipinski definition) is 4. The summed E-state index contributed by atoms with van der Waals surface area (Å²) in [4.78, 5) is 15.5. The maximum absolute atomic E-state index is 13.0. The van der Waals surface area contributed by atoms with Crippen molar-refractivity contribution in [3.05, 3.63) is 69.2 Å². The van der Waals surface area contributed by atoms with Crippen LogP contribution in [0.3, 0.4) is 0 Å². The second-order valence-electron chi connectivity index (χ2n) is 9.53. The van der Waals surface area contributed by atoms with Crippen molar-refractivity contribution in [3.63, 3.8) is 0 Å². The van der Waals surface area contributed by atoms with E-state index in [1.165, 1.54) is 29.1 Å². The van der Waals surface area contributed by atoms with Crippen molar-refractivity contribution >= 4 is 39.1 Å². The zero-order valence-corrected chi connectivity index (χ0v) is 22.2. The lowest BCUT2D eigenvalue weighted by atomic mass is 9.98. The van der Waals surface area contributed by atoms with Gasteiger partial charge < -0.3 is 5.32 Å². The number of nitrogens with one attached hydrogen (secondary N) is 1.